The van der Waals surface area contributed by atoms with Gasteiger partial charge in [0.05, 0.1) is 24.0 Å². The van der Waals surface area contributed by atoms with Crippen molar-refractivity contribution in [2.75, 3.05) is 0 Å². The number of likely N-dealkylation sites (tertiary alicyclic amines) is 1. The van der Waals surface area contributed by atoms with E-state index in [1.54, 1.807) is 32.0 Å². The molecule has 5 nitrogen and oxygen atoms in total. The summed E-state index contributed by atoms with van der Waals surface area (Å²) in [5.41, 5.74) is 0.774. The number of amides is 1. The van der Waals surface area contributed by atoms with Crippen LogP contribution in [0.5, 0.6) is 0 Å². The zero-order valence-corrected chi connectivity index (χ0v) is 20.7. The highest BCUT2D eigenvalue weighted by Crippen LogP contribution is 2.52. The molecule has 0 aliphatic carbocycles. The van der Waals surface area contributed by atoms with Crippen molar-refractivity contribution in [3.8, 4) is 0 Å². The highest BCUT2D eigenvalue weighted by molar-refractivity contribution is 6.30. The molecule has 0 saturated carbocycles. The van der Waals surface area contributed by atoms with Crippen LogP contribution in [-0.4, -0.2) is 39.1 Å². The van der Waals surface area contributed by atoms with Gasteiger partial charge in [-0.15, -0.1) is 0 Å². The zero-order valence-electron chi connectivity index (χ0n) is 19.2. The van der Waals surface area contributed by atoms with Gasteiger partial charge in [0.15, 0.2) is 0 Å². The third-order valence-electron chi connectivity index (χ3n) is 6.61. The Hall–Kier alpha value is -2.08. The minimum atomic E-state index is -1.09. The van der Waals surface area contributed by atoms with Crippen LogP contribution < -0.4 is 0 Å². The molecule has 1 aliphatic heterocycles. The van der Waals surface area contributed by atoms with Crippen LogP contribution in [0.25, 0.3) is 0 Å². The number of aliphatic hydroxyl groups is 1. The van der Waals surface area contributed by atoms with E-state index in [4.69, 9.17) is 23.2 Å². The third-order valence-corrected chi connectivity index (χ3v) is 7.10. The van der Waals surface area contributed by atoms with Crippen molar-refractivity contribution in [1.82, 2.24) is 4.90 Å². The van der Waals surface area contributed by atoms with Gasteiger partial charge in [0.25, 0.3) is 0 Å². The minimum Gasteiger partial charge on any atom is -0.481 e. The summed E-state index contributed by atoms with van der Waals surface area (Å²) in [6.07, 6.45) is 0.528. The SMILES string of the molecule is CC[C@@H](C[C@@H](C)O)N1C(=O)[C@@](C)(CC(=O)O)C[C@H](c2cccc(Cl)c2)[C@H]1c1ccc(Cl)cc1. The fourth-order valence-electron chi connectivity index (χ4n) is 5.15. The molecule has 0 radical (unpaired) electrons. The van der Waals surface area contributed by atoms with E-state index in [0.717, 1.165) is 11.1 Å². The Bertz CT molecular complexity index is 994. The predicted molar refractivity (Wildman–Crippen MR) is 131 cm³/mol. The van der Waals surface area contributed by atoms with Crippen molar-refractivity contribution >= 4 is 35.1 Å². The fourth-order valence-corrected chi connectivity index (χ4v) is 5.48. The average Bonchev–Trinajstić information content (AvgIpc) is 2.74. The second-order valence-electron chi connectivity index (χ2n) is 9.35. The molecule has 0 spiro atoms. The summed E-state index contributed by atoms with van der Waals surface area (Å²) in [7, 11) is 0. The summed E-state index contributed by atoms with van der Waals surface area (Å²) in [6, 6.07) is 14.4. The van der Waals surface area contributed by atoms with E-state index in [9.17, 15) is 19.8 Å². The van der Waals surface area contributed by atoms with Crippen LogP contribution >= 0.6 is 23.2 Å². The summed E-state index contributed by atoms with van der Waals surface area (Å²) >= 11 is 12.5. The second-order valence-corrected chi connectivity index (χ2v) is 10.2. The number of carbonyl (C=O) groups is 2. The second kappa shape index (κ2) is 10.5. The van der Waals surface area contributed by atoms with Gasteiger partial charge in [0.2, 0.25) is 5.91 Å². The van der Waals surface area contributed by atoms with Crippen LogP contribution in [0, 0.1) is 5.41 Å². The number of aliphatic carboxylic acids is 1. The van der Waals surface area contributed by atoms with E-state index in [1.807, 2.05) is 42.2 Å². The molecule has 0 bridgehead atoms. The van der Waals surface area contributed by atoms with Crippen LogP contribution in [0.3, 0.4) is 0 Å². The summed E-state index contributed by atoms with van der Waals surface area (Å²) < 4.78 is 0. The van der Waals surface area contributed by atoms with Gasteiger partial charge in [0.1, 0.15) is 0 Å². The monoisotopic (exact) mass is 491 g/mol. The van der Waals surface area contributed by atoms with E-state index >= 15 is 0 Å². The number of piperidine rings is 1. The molecule has 3 rings (SSSR count). The van der Waals surface area contributed by atoms with Crippen molar-refractivity contribution in [3.63, 3.8) is 0 Å². The maximum Gasteiger partial charge on any atom is 0.304 e. The van der Waals surface area contributed by atoms with Crippen LogP contribution in [0.1, 0.15) is 69.5 Å². The summed E-state index contributed by atoms with van der Waals surface area (Å²) in [6.45, 7) is 5.43. The quantitative estimate of drug-likeness (QED) is 0.468. The Morgan fingerprint density at radius 1 is 1.15 bits per heavy atom. The van der Waals surface area contributed by atoms with Crippen molar-refractivity contribution in [2.45, 2.75) is 70.6 Å². The number of hydrogen-bond acceptors (Lipinski definition) is 3. The molecule has 1 fully saturated rings. The lowest BCUT2D eigenvalue weighted by atomic mass is 9.67. The first-order chi connectivity index (χ1) is 15.6. The number of carbonyl (C=O) groups excluding carboxylic acids is 1. The van der Waals surface area contributed by atoms with E-state index in [1.165, 1.54) is 0 Å². The molecule has 7 heteroatoms. The van der Waals surface area contributed by atoms with Gasteiger partial charge in [-0.1, -0.05) is 61.3 Å². The molecule has 0 aromatic heterocycles. The molecular formula is C26H31Cl2NO4. The van der Waals surface area contributed by atoms with Gasteiger partial charge in [0, 0.05) is 22.0 Å². The normalized spacial score (nSPS) is 25.0. The molecule has 2 aromatic carbocycles. The molecule has 1 saturated heterocycles. The maximum atomic E-state index is 14.0. The van der Waals surface area contributed by atoms with Gasteiger partial charge in [-0.05, 0) is 61.6 Å². The first-order valence-electron chi connectivity index (χ1n) is 11.3. The van der Waals surface area contributed by atoms with E-state index in [2.05, 4.69) is 0 Å². The number of aliphatic hydroxyl groups excluding tert-OH is 1. The molecular weight excluding hydrogens is 461 g/mol. The maximum absolute atomic E-state index is 14.0. The highest BCUT2D eigenvalue weighted by atomic mass is 35.5. The third kappa shape index (κ3) is 5.71. The predicted octanol–water partition coefficient (Wildman–Crippen LogP) is 6.08. The summed E-state index contributed by atoms with van der Waals surface area (Å²) in [5, 5.41) is 21.0. The van der Waals surface area contributed by atoms with Crippen molar-refractivity contribution in [2.24, 2.45) is 5.41 Å². The lowest BCUT2D eigenvalue weighted by Crippen LogP contribution is -2.56. The molecule has 0 unspecified atom stereocenters. The zero-order chi connectivity index (χ0) is 24.3. The Morgan fingerprint density at radius 3 is 2.36 bits per heavy atom. The molecule has 2 N–H and O–H groups in total. The molecule has 33 heavy (non-hydrogen) atoms. The van der Waals surface area contributed by atoms with E-state index in [0.29, 0.717) is 29.3 Å². The fraction of sp³-hybridized carbons (Fsp3) is 0.462. The van der Waals surface area contributed by atoms with Gasteiger partial charge >= 0.3 is 5.97 Å². The Labute approximate surface area is 205 Å². The van der Waals surface area contributed by atoms with Crippen molar-refractivity contribution in [1.29, 1.82) is 0 Å². The van der Waals surface area contributed by atoms with Crippen LogP contribution in [0.2, 0.25) is 10.0 Å². The van der Waals surface area contributed by atoms with Gasteiger partial charge in [-0.2, -0.15) is 0 Å². The summed E-state index contributed by atoms with van der Waals surface area (Å²) in [5.74, 6) is -1.39. The topological polar surface area (TPSA) is 77.8 Å². The number of halogens is 2. The first kappa shape index (κ1) is 25.5. The van der Waals surface area contributed by atoms with Gasteiger partial charge < -0.3 is 15.1 Å². The van der Waals surface area contributed by atoms with E-state index in [-0.39, 0.29) is 30.3 Å². The number of carboxylic acids is 1. The van der Waals surface area contributed by atoms with Crippen molar-refractivity contribution < 1.29 is 19.8 Å². The smallest absolute Gasteiger partial charge is 0.304 e. The molecule has 2 aromatic rings. The van der Waals surface area contributed by atoms with Crippen LogP contribution in [-0.2, 0) is 9.59 Å². The number of hydrogen-bond donors (Lipinski definition) is 2. The average molecular weight is 492 g/mol. The lowest BCUT2D eigenvalue weighted by Gasteiger charge is -2.52. The number of carboxylic acid groups (broad SMARTS) is 1. The molecule has 1 amide bonds. The largest absolute Gasteiger partial charge is 0.481 e. The van der Waals surface area contributed by atoms with E-state index < -0.39 is 17.5 Å². The highest BCUT2D eigenvalue weighted by Gasteiger charge is 2.52. The molecule has 5 atom stereocenters. The molecule has 1 heterocycles. The molecule has 1 aliphatic rings. The standard InChI is InChI=1S/C26H31Cl2NO4/c1-4-21(12-16(2)30)29-24(17-8-10-19(27)11-9-17)22(18-6-5-7-20(28)13-18)14-26(3,25(29)33)15-23(31)32/h5-11,13,16,21-22,24,30H,4,12,14-15H2,1-3H3,(H,31,32)/t16-,21+,22-,24-,26-/m1/s1. The number of rotatable bonds is 8. The van der Waals surface area contributed by atoms with Crippen LogP contribution in [0.4, 0.5) is 0 Å². The minimum absolute atomic E-state index is 0.185. The Kier molecular flexibility index (Phi) is 8.09. The first-order valence-corrected chi connectivity index (χ1v) is 12.0. The number of benzene rings is 2. The number of nitrogens with zero attached hydrogens (tertiary/aromatic N) is 1. The van der Waals surface area contributed by atoms with Gasteiger partial charge in [-0.3, -0.25) is 9.59 Å². The summed E-state index contributed by atoms with van der Waals surface area (Å²) in [4.78, 5) is 27.6. The Morgan fingerprint density at radius 2 is 1.82 bits per heavy atom. The lowest BCUT2D eigenvalue weighted by molar-refractivity contribution is -0.161. The van der Waals surface area contributed by atoms with Gasteiger partial charge in [-0.25, -0.2) is 0 Å². The molecule has 178 valence electrons. The van der Waals surface area contributed by atoms with Crippen molar-refractivity contribution in [3.05, 3.63) is 69.7 Å². The Balaban J connectivity index is 2.23. The van der Waals surface area contributed by atoms with Crippen LogP contribution in [0.15, 0.2) is 48.5 Å².